The second kappa shape index (κ2) is 12.0. The molecule has 0 bridgehead atoms. The lowest BCUT2D eigenvalue weighted by molar-refractivity contribution is -0.275. The van der Waals surface area contributed by atoms with Crippen molar-refractivity contribution in [1.29, 1.82) is 0 Å². The molecular formula is C28H30F6O4. The van der Waals surface area contributed by atoms with Crippen LogP contribution in [0.15, 0.2) is 55.1 Å². The summed E-state index contributed by atoms with van der Waals surface area (Å²) >= 11 is 0. The van der Waals surface area contributed by atoms with Gasteiger partial charge in [0.25, 0.3) is 0 Å². The van der Waals surface area contributed by atoms with Crippen LogP contribution in [0.4, 0.5) is 26.3 Å². The first kappa shape index (κ1) is 28.3. The fourth-order valence-electron chi connectivity index (χ4n) is 4.83. The van der Waals surface area contributed by atoms with Crippen LogP contribution in [0.2, 0.25) is 0 Å². The molecule has 4 rings (SSSR count). The number of ether oxygens (including phenoxy) is 4. The van der Waals surface area contributed by atoms with Crippen LogP contribution >= 0.6 is 0 Å². The van der Waals surface area contributed by atoms with E-state index in [1.807, 2.05) is 0 Å². The Morgan fingerprint density at radius 2 is 1.45 bits per heavy atom. The molecule has 10 heteroatoms. The van der Waals surface area contributed by atoms with E-state index in [4.69, 9.17) is 14.2 Å². The molecule has 208 valence electrons. The first-order chi connectivity index (χ1) is 18.0. The number of benzene rings is 2. The molecule has 4 nitrogen and oxygen atoms in total. The van der Waals surface area contributed by atoms with Gasteiger partial charge in [-0.15, -0.1) is 19.8 Å². The van der Waals surface area contributed by atoms with Gasteiger partial charge in [0.05, 0.1) is 19.1 Å². The zero-order valence-electron chi connectivity index (χ0n) is 20.7. The van der Waals surface area contributed by atoms with Gasteiger partial charge in [-0.1, -0.05) is 24.3 Å². The largest absolute Gasteiger partial charge is 0.573 e. The molecule has 2 fully saturated rings. The third-order valence-electron chi connectivity index (χ3n) is 7.02. The Morgan fingerprint density at radius 1 is 0.842 bits per heavy atom. The fourth-order valence-corrected chi connectivity index (χ4v) is 4.83. The zero-order chi connectivity index (χ0) is 27.3. The summed E-state index contributed by atoms with van der Waals surface area (Å²) < 4.78 is 101. The van der Waals surface area contributed by atoms with Crippen LogP contribution in [-0.4, -0.2) is 32.0 Å². The Bertz CT molecular complexity index is 1060. The molecule has 0 unspecified atom stereocenters. The summed E-state index contributed by atoms with van der Waals surface area (Å²) in [6.45, 7) is 4.79. The third kappa shape index (κ3) is 7.66. The highest BCUT2D eigenvalue weighted by Crippen LogP contribution is 2.42. The van der Waals surface area contributed by atoms with Crippen molar-refractivity contribution in [3.8, 4) is 11.5 Å². The molecule has 0 atom stereocenters. The molecule has 38 heavy (non-hydrogen) atoms. The quantitative estimate of drug-likeness (QED) is 0.243. The van der Waals surface area contributed by atoms with Crippen molar-refractivity contribution in [2.75, 3.05) is 13.2 Å². The Labute approximate surface area is 217 Å². The summed E-state index contributed by atoms with van der Waals surface area (Å²) in [4.78, 5) is 0. The number of hydrogen-bond acceptors (Lipinski definition) is 4. The fraction of sp³-hybridized carbons (Fsp3) is 0.500. The summed E-state index contributed by atoms with van der Waals surface area (Å²) in [5.41, 5.74) is 1.26. The van der Waals surface area contributed by atoms with Gasteiger partial charge < -0.3 is 18.9 Å². The minimum atomic E-state index is -4.98. The van der Waals surface area contributed by atoms with E-state index in [0.717, 1.165) is 17.7 Å². The molecule has 2 aromatic rings. The molecule has 0 N–H and O–H groups in total. The second-order valence-corrected chi connectivity index (χ2v) is 9.76. The highest BCUT2D eigenvalue weighted by molar-refractivity contribution is 5.31. The maximum atomic E-state index is 14.9. The van der Waals surface area contributed by atoms with Crippen molar-refractivity contribution >= 4 is 0 Å². The number of alkyl halides is 5. The molecule has 1 saturated heterocycles. The van der Waals surface area contributed by atoms with E-state index in [9.17, 15) is 26.3 Å². The van der Waals surface area contributed by atoms with Crippen molar-refractivity contribution in [3.05, 3.63) is 72.1 Å². The van der Waals surface area contributed by atoms with E-state index in [2.05, 4.69) is 11.3 Å². The maximum Gasteiger partial charge on any atom is 0.573 e. The molecule has 1 aliphatic heterocycles. The van der Waals surface area contributed by atoms with Gasteiger partial charge in [0.1, 0.15) is 5.75 Å². The summed E-state index contributed by atoms with van der Waals surface area (Å²) in [7, 11) is 0. The van der Waals surface area contributed by atoms with Crippen molar-refractivity contribution in [1.82, 2.24) is 0 Å². The van der Waals surface area contributed by atoms with Crippen LogP contribution in [0.3, 0.4) is 0 Å². The molecule has 1 heterocycles. The average Bonchev–Trinajstić information content (AvgIpc) is 2.89. The molecule has 0 amide bonds. The van der Waals surface area contributed by atoms with Gasteiger partial charge in [-0.3, -0.25) is 0 Å². The van der Waals surface area contributed by atoms with Gasteiger partial charge in [0, 0.05) is 11.8 Å². The van der Waals surface area contributed by atoms with Gasteiger partial charge in [-0.25, -0.2) is 4.39 Å². The number of aryl methyl sites for hydroxylation is 2. The Morgan fingerprint density at radius 3 is 2.03 bits per heavy atom. The molecule has 0 aromatic heterocycles. The second-order valence-electron chi connectivity index (χ2n) is 9.76. The molecule has 0 radical (unpaired) electrons. The van der Waals surface area contributed by atoms with Crippen LogP contribution in [-0.2, 0) is 22.3 Å². The van der Waals surface area contributed by atoms with Crippen LogP contribution in [0, 0.1) is 23.6 Å². The third-order valence-corrected chi connectivity index (χ3v) is 7.02. The van der Waals surface area contributed by atoms with Crippen LogP contribution in [0.5, 0.6) is 11.5 Å². The van der Waals surface area contributed by atoms with E-state index < -0.39 is 30.0 Å². The summed E-state index contributed by atoms with van der Waals surface area (Å²) in [6.07, 6.45) is -4.38. The molecule has 2 aromatic carbocycles. The van der Waals surface area contributed by atoms with Crippen molar-refractivity contribution in [2.45, 2.75) is 57.3 Å². The minimum absolute atomic E-state index is 0.0370. The van der Waals surface area contributed by atoms with Crippen molar-refractivity contribution in [2.24, 2.45) is 17.8 Å². The van der Waals surface area contributed by atoms with Crippen LogP contribution in [0.25, 0.3) is 0 Å². The molecular weight excluding hydrogens is 514 g/mol. The van der Waals surface area contributed by atoms with Gasteiger partial charge >= 0.3 is 12.5 Å². The lowest BCUT2D eigenvalue weighted by Crippen LogP contribution is -2.41. The average molecular weight is 545 g/mol. The van der Waals surface area contributed by atoms with E-state index in [1.54, 1.807) is 18.2 Å². The smallest absolute Gasteiger partial charge is 0.432 e. The van der Waals surface area contributed by atoms with E-state index in [1.165, 1.54) is 18.2 Å². The lowest BCUT2D eigenvalue weighted by atomic mass is 9.80. The van der Waals surface area contributed by atoms with Gasteiger partial charge in [-0.2, -0.15) is 8.78 Å². The summed E-state index contributed by atoms with van der Waals surface area (Å²) in [6, 6.07) is 9.44. The van der Waals surface area contributed by atoms with Crippen molar-refractivity contribution in [3.63, 3.8) is 0 Å². The summed E-state index contributed by atoms with van der Waals surface area (Å²) in [5, 5.41) is 0. The predicted molar refractivity (Wildman–Crippen MR) is 127 cm³/mol. The molecule has 1 saturated carbocycles. The number of halogens is 6. The van der Waals surface area contributed by atoms with Crippen molar-refractivity contribution < 1.29 is 45.3 Å². The normalized spacial score (nSPS) is 24.6. The first-order valence-corrected chi connectivity index (χ1v) is 12.6. The van der Waals surface area contributed by atoms with Gasteiger partial charge in [0.2, 0.25) is 0 Å². The summed E-state index contributed by atoms with van der Waals surface area (Å²) in [5.74, 6) is -2.65. The highest BCUT2D eigenvalue weighted by Gasteiger charge is 2.45. The lowest BCUT2D eigenvalue weighted by Gasteiger charge is -2.38. The zero-order valence-corrected chi connectivity index (χ0v) is 20.7. The SMILES string of the molecule is C=CC1COC(C2CCC(C(F)(F)Oc3ccc(CCc4ccc(OC(F)(F)F)c(F)c4)cc3)CC2)OC1. The van der Waals surface area contributed by atoms with E-state index in [0.29, 0.717) is 57.3 Å². The van der Waals surface area contributed by atoms with Crippen LogP contribution in [0.1, 0.15) is 36.8 Å². The van der Waals surface area contributed by atoms with Gasteiger partial charge in [-0.05, 0) is 73.9 Å². The number of rotatable bonds is 9. The molecule has 2 aliphatic rings. The van der Waals surface area contributed by atoms with E-state index in [-0.39, 0.29) is 23.9 Å². The standard InChI is InChI=1S/C28H30F6O4/c1-2-18-16-35-26(36-17-18)21-8-10-22(11-9-21)27(30,31)37-23-12-5-19(6-13-23)3-4-20-7-14-25(24(29)15-20)38-28(32,33)34/h2,5-7,12-15,18,21-22,26H,1,3-4,8-11,16-17H2. The van der Waals surface area contributed by atoms with Gasteiger partial charge in [0.15, 0.2) is 17.9 Å². The Kier molecular flexibility index (Phi) is 8.92. The maximum absolute atomic E-state index is 14.9. The molecule has 0 spiro atoms. The molecule has 1 aliphatic carbocycles. The van der Waals surface area contributed by atoms with E-state index >= 15 is 0 Å². The Balaban J connectivity index is 1.24. The Hall–Kier alpha value is -2.72. The number of hydrogen-bond donors (Lipinski definition) is 0. The topological polar surface area (TPSA) is 36.9 Å². The predicted octanol–water partition coefficient (Wildman–Crippen LogP) is 7.46. The monoisotopic (exact) mass is 544 g/mol. The minimum Gasteiger partial charge on any atom is -0.432 e. The first-order valence-electron chi connectivity index (χ1n) is 12.6. The van der Waals surface area contributed by atoms with Crippen LogP contribution < -0.4 is 9.47 Å². The highest BCUT2D eigenvalue weighted by atomic mass is 19.4.